The molecule has 0 amide bonds. The fourth-order valence-corrected chi connectivity index (χ4v) is 5.06. The van der Waals surface area contributed by atoms with Gasteiger partial charge in [0.2, 0.25) is 0 Å². The predicted octanol–water partition coefficient (Wildman–Crippen LogP) is 2.72. The minimum absolute atomic E-state index is 0.212. The van der Waals surface area contributed by atoms with Gasteiger partial charge in [0.15, 0.2) is 5.69 Å². The molecule has 26 heavy (non-hydrogen) atoms. The van der Waals surface area contributed by atoms with Crippen molar-refractivity contribution in [2.45, 2.75) is 45.3 Å². The van der Waals surface area contributed by atoms with Gasteiger partial charge in [-0.15, -0.1) is 11.3 Å². The van der Waals surface area contributed by atoms with E-state index < -0.39 is 5.97 Å². The lowest BCUT2D eigenvalue weighted by atomic mass is 10.0. The number of nitrogens with zero attached hydrogens (tertiary/aromatic N) is 4. The van der Waals surface area contributed by atoms with Gasteiger partial charge in [0.1, 0.15) is 0 Å². The lowest BCUT2D eigenvalue weighted by Gasteiger charge is -2.27. The number of piperidine rings is 1. The van der Waals surface area contributed by atoms with E-state index in [0.717, 1.165) is 37.3 Å². The minimum Gasteiger partial charge on any atom is -0.476 e. The van der Waals surface area contributed by atoms with Crippen molar-refractivity contribution >= 4 is 17.3 Å². The Kier molecular flexibility index (Phi) is 5.11. The number of hydrogen-bond donors (Lipinski definition) is 1. The quantitative estimate of drug-likeness (QED) is 0.872. The first-order valence-corrected chi connectivity index (χ1v) is 10.3. The summed E-state index contributed by atoms with van der Waals surface area (Å²) in [6.45, 7) is 6.01. The molecular weight excluding hydrogens is 348 g/mol. The van der Waals surface area contributed by atoms with Crippen molar-refractivity contribution in [2.75, 3.05) is 19.6 Å². The maximum Gasteiger partial charge on any atom is 0.356 e. The van der Waals surface area contributed by atoms with Gasteiger partial charge in [-0.25, -0.2) is 4.79 Å². The Labute approximate surface area is 158 Å². The summed E-state index contributed by atoms with van der Waals surface area (Å²) in [6.07, 6.45) is 4.88. The van der Waals surface area contributed by atoms with Crippen molar-refractivity contribution in [3.63, 3.8) is 0 Å². The summed E-state index contributed by atoms with van der Waals surface area (Å²) in [7, 11) is 1.84. The molecule has 0 aromatic carbocycles. The molecule has 4 rings (SSSR count). The fourth-order valence-electron chi connectivity index (χ4n) is 4.14. The van der Waals surface area contributed by atoms with Gasteiger partial charge in [0, 0.05) is 55.8 Å². The predicted molar refractivity (Wildman–Crippen MR) is 101 cm³/mol. The summed E-state index contributed by atoms with van der Waals surface area (Å²) in [6, 6.07) is 2.33. The summed E-state index contributed by atoms with van der Waals surface area (Å²) in [5, 5.41) is 15.9. The Balaban J connectivity index is 1.40. The third-order valence-electron chi connectivity index (χ3n) is 5.47. The van der Waals surface area contributed by atoms with Crippen LogP contribution in [0.2, 0.25) is 0 Å². The van der Waals surface area contributed by atoms with Crippen molar-refractivity contribution in [3.05, 3.63) is 38.8 Å². The van der Waals surface area contributed by atoms with Crippen LogP contribution in [0, 0.1) is 0 Å². The number of aromatic carboxylic acids is 1. The molecule has 1 saturated heterocycles. The SMILES string of the molecule is Cn1nc(C(=O)O)c2c1CCN(Cc1cc(CN3CCCCC3)cs1)C2. The first-order valence-electron chi connectivity index (χ1n) is 9.39. The molecule has 1 N–H and O–H groups in total. The number of carboxylic acids is 1. The van der Waals surface area contributed by atoms with Crippen LogP contribution in [-0.2, 0) is 33.1 Å². The summed E-state index contributed by atoms with van der Waals surface area (Å²) in [5.74, 6) is -0.927. The average molecular weight is 375 g/mol. The summed E-state index contributed by atoms with van der Waals surface area (Å²) in [4.78, 5) is 17.7. The van der Waals surface area contributed by atoms with Crippen LogP contribution >= 0.6 is 11.3 Å². The second-order valence-electron chi connectivity index (χ2n) is 7.42. The molecule has 2 aliphatic rings. The highest BCUT2D eigenvalue weighted by molar-refractivity contribution is 7.10. The molecule has 0 spiro atoms. The number of aromatic nitrogens is 2. The molecule has 4 heterocycles. The van der Waals surface area contributed by atoms with Crippen LogP contribution in [0.15, 0.2) is 11.4 Å². The Morgan fingerprint density at radius 2 is 2.00 bits per heavy atom. The van der Waals surface area contributed by atoms with Crippen molar-refractivity contribution < 1.29 is 9.90 Å². The van der Waals surface area contributed by atoms with Crippen molar-refractivity contribution in [2.24, 2.45) is 7.05 Å². The number of carbonyl (C=O) groups is 1. The molecule has 7 heteroatoms. The molecule has 0 saturated carbocycles. The third-order valence-corrected chi connectivity index (χ3v) is 6.44. The first-order chi connectivity index (χ1) is 12.6. The van der Waals surface area contributed by atoms with Crippen molar-refractivity contribution in [3.8, 4) is 0 Å². The van der Waals surface area contributed by atoms with Crippen LogP contribution in [0.4, 0.5) is 0 Å². The molecule has 0 bridgehead atoms. The standard InChI is InChI=1S/C19H26N4O2S/c1-21-17-5-8-23(12-16(17)18(20-21)19(24)25)11-15-9-14(13-26-15)10-22-6-3-2-4-7-22/h9,13H,2-8,10-12H2,1H3,(H,24,25). The largest absolute Gasteiger partial charge is 0.476 e. The molecule has 140 valence electrons. The number of hydrogen-bond acceptors (Lipinski definition) is 5. The maximum atomic E-state index is 11.4. The molecule has 6 nitrogen and oxygen atoms in total. The van der Waals surface area contributed by atoms with E-state index >= 15 is 0 Å². The van der Waals surface area contributed by atoms with E-state index in [1.807, 2.05) is 18.4 Å². The molecular formula is C19H26N4O2S. The third kappa shape index (κ3) is 3.70. The average Bonchev–Trinajstić information content (AvgIpc) is 3.20. The van der Waals surface area contributed by atoms with E-state index in [4.69, 9.17) is 0 Å². The van der Waals surface area contributed by atoms with Crippen LogP contribution in [0.25, 0.3) is 0 Å². The minimum atomic E-state index is -0.927. The maximum absolute atomic E-state index is 11.4. The number of carboxylic acid groups (broad SMARTS) is 1. The molecule has 2 aliphatic heterocycles. The summed E-state index contributed by atoms with van der Waals surface area (Å²) < 4.78 is 1.73. The highest BCUT2D eigenvalue weighted by atomic mass is 32.1. The van der Waals surface area contributed by atoms with Crippen LogP contribution in [-0.4, -0.2) is 50.3 Å². The molecule has 2 aromatic rings. The highest BCUT2D eigenvalue weighted by Gasteiger charge is 2.27. The molecule has 0 radical (unpaired) electrons. The van der Waals surface area contributed by atoms with E-state index in [-0.39, 0.29) is 5.69 Å². The number of rotatable bonds is 5. The van der Waals surface area contributed by atoms with Crippen molar-refractivity contribution in [1.29, 1.82) is 0 Å². The van der Waals surface area contributed by atoms with Gasteiger partial charge in [-0.1, -0.05) is 6.42 Å². The Morgan fingerprint density at radius 1 is 1.19 bits per heavy atom. The van der Waals surface area contributed by atoms with Gasteiger partial charge in [-0.05, 0) is 42.9 Å². The zero-order valence-corrected chi connectivity index (χ0v) is 16.1. The lowest BCUT2D eigenvalue weighted by Crippen LogP contribution is -2.31. The van der Waals surface area contributed by atoms with Gasteiger partial charge in [0.25, 0.3) is 0 Å². The summed E-state index contributed by atoms with van der Waals surface area (Å²) in [5.41, 5.74) is 3.58. The second kappa shape index (κ2) is 7.50. The van der Waals surface area contributed by atoms with Gasteiger partial charge < -0.3 is 5.11 Å². The van der Waals surface area contributed by atoms with Gasteiger partial charge in [-0.2, -0.15) is 5.10 Å². The molecule has 0 unspecified atom stereocenters. The zero-order chi connectivity index (χ0) is 18.1. The normalized spacial score (nSPS) is 18.8. The number of fused-ring (bicyclic) bond motifs is 1. The van der Waals surface area contributed by atoms with Crippen molar-refractivity contribution in [1.82, 2.24) is 19.6 Å². The van der Waals surface area contributed by atoms with Gasteiger partial charge in [0.05, 0.1) is 0 Å². The van der Waals surface area contributed by atoms with Crippen LogP contribution in [0.1, 0.15) is 51.4 Å². The van der Waals surface area contributed by atoms with E-state index in [9.17, 15) is 9.90 Å². The fraction of sp³-hybridized carbons (Fsp3) is 0.579. The van der Waals surface area contributed by atoms with Crippen LogP contribution in [0.3, 0.4) is 0 Å². The van der Waals surface area contributed by atoms with E-state index in [0.29, 0.717) is 6.54 Å². The lowest BCUT2D eigenvalue weighted by molar-refractivity contribution is 0.0687. The van der Waals surface area contributed by atoms with E-state index in [1.165, 1.54) is 42.8 Å². The first kappa shape index (κ1) is 17.7. The molecule has 0 aliphatic carbocycles. The van der Waals surface area contributed by atoms with Crippen LogP contribution in [0.5, 0.6) is 0 Å². The second-order valence-corrected chi connectivity index (χ2v) is 8.42. The van der Waals surface area contributed by atoms with E-state index in [2.05, 4.69) is 26.3 Å². The topological polar surface area (TPSA) is 61.6 Å². The smallest absolute Gasteiger partial charge is 0.356 e. The molecule has 0 atom stereocenters. The summed E-state index contributed by atoms with van der Waals surface area (Å²) >= 11 is 1.82. The van der Waals surface area contributed by atoms with E-state index in [1.54, 1.807) is 4.68 Å². The van der Waals surface area contributed by atoms with Gasteiger partial charge >= 0.3 is 5.97 Å². The molecule has 1 fully saturated rings. The van der Waals surface area contributed by atoms with Crippen LogP contribution < -0.4 is 0 Å². The Hall–Kier alpha value is -1.70. The monoisotopic (exact) mass is 374 g/mol. The Morgan fingerprint density at radius 3 is 2.77 bits per heavy atom. The number of likely N-dealkylation sites (tertiary alicyclic amines) is 1. The number of thiophene rings is 1. The van der Waals surface area contributed by atoms with Gasteiger partial charge in [-0.3, -0.25) is 14.5 Å². The Bertz CT molecular complexity index is 792. The zero-order valence-electron chi connectivity index (χ0n) is 15.3. The highest BCUT2D eigenvalue weighted by Crippen LogP contribution is 2.26. The number of aryl methyl sites for hydroxylation is 1. The molecule has 2 aromatic heterocycles.